The standard InChI is InChI=1S/C23H38N6O5.ClH/c1-14(2)13-19(28-23(32)20(25)15(3)4)22(31)27-18(7-5-6-12-24)21(30)26-16-8-10-17(11-9-16)29(33)34;/h8-11,14-15,18-20H,5-7,12-13,24-25H2,1-4H3,(H,26,30)(H,27,31)(H,28,32);1H/t18-,19-,20+;/m0./s1. The van der Waals surface area contributed by atoms with Gasteiger partial charge in [0.15, 0.2) is 0 Å². The number of nitrogens with two attached hydrogens (primary N) is 2. The number of nitrogens with one attached hydrogen (secondary N) is 3. The molecule has 0 spiro atoms. The number of rotatable bonds is 14. The molecule has 0 bridgehead atoms. The summed E-state index contributed by atoms with van der Waals surface area (Å²) >= 11 is 0. The van der Waals surface area contributed by atoms with Crippen molar-refractivity contribution < 1.29 is 19.3 Å². The van der Waals surface area contributed by atoms with Crippen molar-refractivity contribution >= 4 is 41.5 Å². The smallest absolute Gasteiger partial charge is 0.269 e. The minimum Gasteiger partial charge on any atom is -0.343 e. The van der Waals surface area contributed by atoms with Crippen LogP contribution < -0.4 is 27.4 Å². The lowest BCUT2D eigenvalue weighted by Crippen LogP contribution is -2.56. The van der Waals surface area contributed by atoms with Gasteiger partial charge in [0.05, 0.1) is 11.0 Å². The minimum atomic E-state index is -0.875. The fourth-order valence-corrected chi connectivity index (χ4v) is 3.20. The van der Waals surface area contributed by atoms with Gasteiger partial charge in [-0.1, -0.05) is 27.7 Å². The Kier molecular flexibility index (Phi) is 14.7. The third-order valence-corrected chi connectivity index (χ3v) is 5.29. The Morgan fingerprint density at radius 2 is 1.51 bits per heavy atom. The lowest BCUT2D eigenvalue weighted by atomic mass is 10.00. The van der Waals surface area contributed by atoms with E-state index in [4.69, 9.17) is 11.5 Å². The molecule has 35 heavy (non-hydrogen) atoms. The molecule has 0 fully saturated rings. The Balaban J connectivity index is 0.0000116. The molecule has 0 saturated carbocycles. The monoisotopic (exact) mass is 514 g/mol. The zero-order valence-corrected chi connectivity index (χ0v) is 21.6. The van der Waals surface area contributed by atoms with Crippen LogP contribution in [0.25, 0.3) is 0 Å². The quantitative estimate of drug-likeness (QED) is 0.143. The van der Waals surface area contributed by atoms with Crippen LogP contribution in [0.1, 0.15) is 53.4 Å². The zero-order valence-electron chi connectivity index (χ0n) is 20.8. The number of nitro benzene ring substituents is 1. The van der Waals surface area contributed by atoms with Gasteiger partial charge in [0.25, 0.3) is 5.69 Å². The third-order valence-electron chi connectivity index (χ3n) is 5.29. The van der Waals surface area contributed by atoms with Crippen LogP contribution >= 0.6 is 12.4 Å². The Hall–Kier alpha value is -2.76. The summed E-state index contributed by atoms with van der Waals surface area (Å²) in [5.74, 6) is -1.36. The lowest BCUT2D eigenvalue weighted by molar-refractivity contribution is -0.384. The zero-order chi connectivity index (χ0) is 25.8. The van der Waals surface area contributed by atoms with Crippen molar-refractivity contribution in [2.75, 3.05) is 11.9 Å². The average molecular weight is 515 g/mol. The second-order valence-electron chi connectivity index (χ2n) is 9.10. The van der Waals surface area contributed by atoms with E-state index in [0.717, 1.165) is 0 Å². The van der Waals surface area contributed by atoms with Gasteiger partial charge in [-0.25, -0.2) is 0 Å². The van der Waals surface area contributed by atoms with Gasteiger partial charge in [0.2, 0.25) is 17.7 Å². The number of nitro groups is 1. The SMILES string of the molecule is CC(C)C[C@H](NC(=O)[C@H](N)C(C)C)C(=O)N[C@@H](CCCCN)C(=O)Nc1ccc([N+](=O)[O-])cc1.Cl. The Labute approximate surface area is 212 Å². The molecule has 0 saturated heterocycles. The summed E-state index contributed by atoms with van der Waals surface area (Å²) in [7, 11) is 0. The summed E-state index contributed by atoms with van der Waals surface area (Å²) in [6.07, 6.45) is 2.00. The van der Waals surface area contributed by atoms with Gasteiger partial charge >= 0.3 is 0 Å². The van der Waals surface area contributed by atoms with E-state index < -0.39 is 40.8 Å². The van der Waals surface area contributed by atoms with Crippen molar-refractivity contribution in [2.45, 2.75) is 71.5 Å². The van der Waals surface area contributed by atoms with E-state index >= 15 is 0 Å². The Morgan fingerprint density at radius 3 is 2.00 bits per heavy atom. The predicted molar refractivity (Wildman–Crippen MR) is 138 cm³/mol. The van der Waals surface area contributed by atoms with Crippen LogP contribution in [0, 0.1) is 22.0 Å². The highest BCUT2D eigenvalue weighted by molar-refractivity contribution is 5.98. The second kappa shape index (κ2) is 16.0. The molecule has 0 aliphatic heterocycles. The number of nitrogens with zero attached hydrogens (tertiary/aromatic N) is 1. The highest BCUT2D eigenvalue weighted by Crippen LogP contribution is 2.16. The van der Waals surface area contributed by atoms with E-state index in [-0.39, 0.29) is 29.9 Å². The summed E-state index contributed by atoms with van der Waals surface area (Å²) in [5, 5.41) is 19.0. The molecule has 7 N–H and O–H groups in total. The summed E-state index contributed by atoms with van der Waals surface area (Å²) in [6, 6.07) is 2.93. The molecule has 0 aliphatic carbocycles. The molecule has 12 heteroatoms. The van der Waals surface area contributed by atoms with Crippen molar-refractivity contribution in [2.24, 2.45) is 23.3 Å². The highest BCUT2D eigenvalue weighted by atomic mass is 35.5. The molecule has 3 atom stereocenters. The van der Waals surface area contributed by atoms with Gasteiger partial charge in [-0.3, -0.25) is 24.5 Å². The maximum Gasteiger partial charge on any atom is 0.269 e. The van der Waals surface area contributed by atoms with Gasteiger partial charge in [0, 0.05) is 17.8 Å². The number of hydrogen-bond donors (Lipinski definition) is 5. The number of unbranched alkanes of at least 4 members (excludes halogenated alkanes) is 1. The summed E-state index contributed by atoms with van der Waals surface area (Å²) < 4.78 is 0. The van der Waals surface area contributed by atoms with Crippen LogP contribution in [-0.4, -0.2) is 47.3 Å². The first kappa shape index (κ1) is 32.2. The number of amides is 3. The van der Waals surface area contributed by atoms with Crippen LogP contribution in [0.15, 0.2) is 24.3 Å². The molecular formula is C23H39ClN6O5. The molecule has 1 aromatic rings. The van der Waals surface area contributed by atoms with Gasteiger partial charge in [-0.05, 0) is 56.2 Å². The molecule has 0 heterocycles. The first-order chi connectivity index (χ1) is 16.0. The van der Waals surface area contributed by atoms with Crippen molar-refractivity contribution in [1.29, 1.82) is 0 Å². The van der Waals surface area contributed by atoms with E-state index in [1.165, 1.54) is 24.3 Å². The van der Waals surface area contributed by atoms with Crippen molar-refractivity contribution in [3.8, 4) is 0 Å². The average Bonchev–Trinajstić information content (AvgIpc) is 2.77. The lowest BCUT2D eigenvalue weighted by Gasteiger charge is -2.26. The van der Waals surface area contributed by atoms with E-state index in [2.05, 4.69) is 16.0 Å². The van der Waals surface area contributed by atoms with Crippen LogP contribution in [0.4, 0.5) is 11.4 Å². The third kappa shape index (κ3) is 11.5. The van der Waals surface area contributed by atoms with Gasteiger partial charge in [-0.15, -0.1) is 12.4 Å². The maximum atomic E-state index is 13.1. The predicted octanol–water partition coefficient (Wildman–Crippen LogP) is 2.08. The topological polar surface area (TPSA) is 182 Å². The van der Waals surface area contributed by atoms with Crippen molar-refractivity contribution in [1.82, 2.24) is 10.6 Å². The normalized spacial score (nSPS) is 13.4. The van der Waals surface area contributed by atoms with E-state index in [1.54, 1.807) is 0 Å². The summed E-state index contributed by atoms with van der Waals surface area (Å²) in [6.45, 7) is 7.93. The van der Waals surface area contributed by atoms with Crippen molar-refractivity contribution in [3.05, 3.63) is 34.4 Å². The van der Waals surface area contributed by atoms with E-state index in [1.807, 2.05) is 27.7 Å². The number of non-ortho nitro benzene ring substituents is 1. The second-order valence-corrected chi connectivity index (χ2v) is 9.10. The highest BCUT2D eigenvalue weighted by Gasteiger charge is 2.29. The molecule has 198 valence electrons. The van der Waals surface area contributed by atoms with Crippen LogP contribution in [0.2, 0.25) is 0 Å². The first-order valence-corrected chi connectivity index (χ1v) is 11.6. The number of halogens is 1. The molecular weight excluding hydrogens is 476 g/mol. The molecule has 11 nitrogen and oxygen atoms in total. The molecule has 0 aliphatic rings. The largest absolute Gasteiger partial charge is 0.343 e. The van der Waals surface area contributed by atoms with E-state index in [0.29, 0.717) is 37.9 Å². The molecule has 1 rings (SSSR count). The summed E-state index contributed by atoms with van der Waals surface area (Å²) in [4.78, 5) is 48.8. The maximum absolute atomic E-state index is 13.1. The first-order valence-electron chi connectivity index (χ1n) is 11.6. The minimum absolute atomic E-state index is 0. The molecule has 0 unspecified atom stereocenters. The Morgan fingerprint density at radius 1 is 0.943 bits per heavy atom. The number of hydrogen-bond acceptors (Lipinski definition) is 7. The fraction of sp³-hybridized carbons (Fsp3) is 0.609. The van der Waals surface area contributed by atoms with Crippen LogP contribution in [0.5, 0.6) is 0 Å². The molecule has 0 radical (unpaired) electrons. The van der Waals surface area contributed by atoms with Gasteiger partial charge < -0.3 is 27.4 Å². The van der Waals surface area contributed by atoms with E-state index in [9.17, 15) is 24.5 Å². The fourth-order valence-electron chi connectivity index (χ4n) is 3.20. The number of carbonyl (C=O) groups is 3. The van der Waals surface area contributed by atoms with Gasteiger partial charge in [-0.2, -0.15) is 0 Å². The molecule has 3 amide bonds. The molecule has 0 aromatic heterocycles. The van der Waals surface area contributed by atoms with Crippen molar-refractivity contribution in [3.63, 3.8) is 0 Å². The molecule has 1 aromatic carbocycles. The Bertz CT molecular complexity index is 834. The number of carbonyl (C=O) groups excluding carboxylic acids is 3. The van der Waals surface area contributed by atoms with Gasteiger partial charge in [0.1, 0.15) is 12.1 Å². The van der Waals surface area contributed by atoms with Crippen LogP contribution in [-0.2, 0) is 14.4 Å². The number of anilines is 1. The summed E-state index contributed by atoms with van der Waals surface area (Å²) in [5.41, 5.74) is 11.8. The van der Waals surface area contributed by atoms with Crippen LogP contribution in [0.3, 0.4) is 0 Å². The number of benzene rings is 1.